The third-order valence-electron chi connectivity index (χ3n) is 5.17. The molecule has 0 saturated heterocycles. The van der Waals surface area contributed by atoms with Crippen LogP contribution >= 0.6 is 11.6 Å². The highest BCUT2D eigenvalue weighted by molar-refractivity contribution is 6.31. The van der Waals surface area contributed by atoms with Crippen LogP contribution in [0.2, 0.25) is 5.02 Å². The average Bonchev–Trinajstić information content (AvgIpc) is 2.91. The predicted molar refractivity (Wildman–Crippen MR) is 129 cm³/mol. The molecule has 1 N–H and O–H groups in total. The summed E-state index contributed by atoms with van der Waals surface area (Å²) in [5.74, 6) is -4.20. The van der Waals surface area contributed by atoms with Crippen molar-refractivity contribution < 1.29 is 31.2 Å². The second-order valence-corrected chi connectivity index (χ2v) is 8.28. The van der Waals surface area contributed by atoms with Gasteiger partial charge in [0.25, 0.3) is 5.56 Å². The zero-order valence-corrected chi connectivity index (χ0v) is 19.9. The summed E-state index contributed by atoms with van der Waals surface area (Å²) in [5, 5.41) is 10.3. The van der Waals surface area contributed by atoms with Gasteiger partial charge in [0, 0.05) is 38.4 Å². The average molecular weight is 538 g/mol. The van der Waals surface area contributed by atoms with E-state index in [-0.39, 0.29) is 34.1 Å². The number of pyridine rings is 3. The van der Waals surface area contributed by atoms with Crippen molar-refractivity contribution >= 4 is 11.6 Å². The first-order chi connectivity index (χ1) is 19.9. The number of hydrogen-bond donors (Lipinski definition) is 1. The first-order valence-corrected chi connectivity index (χ1v) is 10.8. The number of aliphatic hydroxyl groups is 1. The molecular formula is C25H21ClF3N5O3. The highest BCUT2D eigenvalue weighted by atomic mass is 35.5. The van der Waals surface area contributed by atoms with Gasteiger partial charge in [0.05, 0.1) is 17.6 Å². The number of hydrogen-bond acceptors (Lipinski definition) is 7. The van der Waals surface area contributed by atoms with Crippen molar-refractivity contribution in [3.63, 3.8) is 0 Å². The summed E-state index contributed by atoms with van der Waals surface area (Å²) in [6.45, 7) is -4.63. The Balaban J connectivity index is 1.81. The van der Waals surface area contributed by atoms with E-state index in [1.54, 1.807) is 0 Å². The molecule has 4 aromatic heterocycles. The Kier molecular flexibility index (Phi) is 5.17. The van der Waals surface area contributed by atoms with Crippen LogP contribution < -0.4 is 10.3 Å². The minimum Gasteiger partial charge on any atom is -0.485 e. The summed E-state index contributed by atoms with van der Waals surface area (Å²) < 4.78 is 95.2. The monoisotopic (exact) mass is 537 g/mol. The summed E-state index contributed by atoms with van der Waals surface area (Å²) in [6, 6.07) is 2.99. The van der Waals surface area contributed by atoms with Crippen molar-refractivity contribution in [2.24, 2.45) is 0 Å². The highest BCUT2D eigenvalue weighted by Crippen LogP contribution is 2.30. The van der Waals surface area contributed by atoms with Gasteiger partial charge in [0.15, 0.2) is 17.5 Å². The summed E-state index contributed by atoms with van der Waals surface area (Å²) in [4.78, 5) is 28.4. The molecule has 8 nitrogen and oxygen atoms in total. The van der Waals surface area contributed by atoms with Crippen LogP contribution in [0.5, 0.6) is 5.75 Å². The van der Waals surface area contributed by atoms with Crippen LogP contribution in [0.25, 0.3) is 17.1 Å². The number of aryl methyl sites for hydroxylation is 2. The van der Waals surface area contributed by atoms with E-state index in [0.29, 0.717) is 6.07 Å². The van der Waals surface area contributed by atoms with Crippen molar-refractivity contribution in [2.45, 2.75) is 39.8 Å². The smallest absolute Gasteiger partial charge is 0.278 e. The van der Waals surface area contributed by atoms with Crippen molar-refractivity contribution in [3.8, 4) is 22.8 Å². The molecule has 0 bridgehead atoms. The lowest BCUT2D eigenvalue weighted by Gasteiger charge is -2.18. The SMILES string of the molecule is [2H]C([2H])([2H])C(O)(c1nccc(-c2ncc(C)c(-n3c(C)cc(OCc4ncc(F)cc4F)c(Cl)c3=O)c2F)n1)C([2H])([2H])[2H]. The molecule has 4 heterocycles. The zero-order valence-electron chi connectivity index (χ0n) is 25.2. The van der Waals surface area contributed by atoms with E-state index in [4.69, 9.17) is 24.6 Å². The molecule has 0 aliphatic heterocycles. The van der Waals surface area contributed by atoms with Crippen molar-refractivity contribution in [1.82, 2.24) is 24.5 Å². The van der Waals surface area contributed by atoms with Crippen molar-refractivity contribution in [2.75, 3.05) is 0 Å². The van der Waals surface area contributed by atoms with Crippen LogP contribution in [0.15, 0.2) is 41.6 Å². The molecule has 0 saturated carbocycles. The molecule has 4 aromatic rings. The zero-order chi connectivity index (χ0) is 32.1. The Morgan fingerprint density at radius 1 is 1.16 bits per heavy atom. The Morgan fingerprint density at radius 3 is 2.62 bits per heavy atom. The summed E-state index contributed by atoms with van der Waals surface area (Å²) in [7, 11) is 0. The first kappa shape index (κ1) is 19.3. The van der Waals surface area contributed by atoms with Crippen molar-refractivity contribution in [1.29, 1.82) is 0 Å². The second kappa shape index (κ2) is 9.91. The van der Waals surface area contributed by atoms with Crippen LogP contribution in [-0.2, 0) is 12.2 Å². The molecule has 0 radical (unpaired) electrons. The van der Waals surface area contributed by atoms with E-state index in [1.165, 1.54) is 26.1 Å². The fourth-order valence-electron chi connectivity index (χ4n) is 3.44. The van der Waals surface area contributed by atoms with E-state index in [0.717, 1.165) is 23.0 Å². The summed E-state index contributed by atoms with van der Waals surface area (Å²) in [5.41, 5.74) is -5.66. The Bertz CT molecular complexity index is 1770. The molecule has 0 amide bonds. The van der Waals surface area contributed by atoms with Gasteiger partial charge in [-0.25, -0.2) is 23.1 Å². The van der Waals surface area contributed by atoms with Gasteiger partial charge in [-0.1, -0.05) is 11.6 Å². The molecule has 0 fully saturated rings. The molecule has 0 aliphatic carbocycles. The minimum atomic E-state index is -3.50. The fourth-order valence-corrected chi connectivity index (χ4v) is 3.64. The van der Waals surface area contributed by atoms with Gasteiger partial charge in [0.1, 0.15) is 40.2 Å². The van der Waals surface area contributed by atoms with Gasteiger partial charge in [-0.05, 0) is 39.2 Å². The highest BCUT2D eigenvalue weighted by Gasteiger charge is 2.24. The lowest BCUT2D eigenvalue weighted by molar-refractivity contribution is 0.0688. The fraction of sp³-hybridized carbons (Fsp3) is 0.240. The Labute approximate surface area is 222 Å². The van der Waals surface area contributed by atoms with Crippen LogP contribution in [-0.4, -0.2) is 29.6 Å². The third kappa shape index (κ3) is 5.18. The van der Waals surface area contributed by atoms with Crippen molar-refractivity contribution in [3.05, 3.63) is 92.4 Å². The van der Waals surface area contributed by atoms with E-state index >= 15 is 4.39 Å². The summed E-state index contributed by atoms with van der Waals surface area (Å²) >= 11 is 6.24. The number of halogens is 4. The van der Waals surface area contributed by atoms with Crippen LogP contribution in [0, 0.1) is 31.3 Å². The van der Waals surface area contributed by atoms with Crippen LogP contribution in [0.3, 0.4) is 0 Å². The van der Waals surface area contributed by atoms with Gasteiger partial charge < -0.3 is 9.84 Å². The molecule has 0 aromatic carbocycles. The molecule has 37 heavy (non-hydrogen) atoms. The lowest BCUT2D eigenvalue weighted by Crippen LogP contribution is -2.24. The molecule has 0 unspecified atom stereocenters. The predicted octanol–water partition coefficient (Wildman–Crippen LogP) is 4.58. The van der Waals surface area contributed by atoms with Gasteiger partial charge >= 0.3 is 0 Å². The number of aromatic nitrogens is 5. The largest absolute Gasteiger partial charge is 0.485 e. The van der Waals surface area contributed by atoms with E-state index in [1.807, 2.05) is 0 Å². The molecular weight excluding hydrogens is 511 g/mol. The van der Waals surface area contributed by atoms with E-state index < -0.39 is 65.5 Å². The van der Waals surface area contributed by atoms with Crippen LogP contribution in [0.1, 0.15) is 44.7 Å². The molecule has 0 aliphatic rings. The molecule has 4 rings (SSSR count). The maximum absolute atomic E-state index is 16.1. The molecule has 192 valence electrons. The minimum absolute atomic E-state index is 0.110. The molecule has 12 heteroatoms. The second-order valence-electron chi connectivity index (χ2n) is 7.90. The Morgan fingerprint density at radius 2 is 1.92 bits per heavy atom. The number of ether oxygens (including phenoxy) is 1. The van der Waals surface area contributed by atoms with Gasteiger partial charge in [-0.15, -0.1) is 0 Å². The standard InChI is InChI=1S/C25H21ClF3N5O3/c1-12-9-32-21(16-5-6-30-24(33-16)25(3,4)36)20(29)22(12)34-13(2)7-18(19(26)23(34)35)37-11-17-15(28)8-14(27)10-31-17/h5-10,36H,11H2,1-4H3/i3D3,4D3. The molecule has 0 spiro atoms. The number of rotatable bonds is 6. The molecule has 0 atom stereocenters. The first-order valence-electron chi connectivity index (χ1n) is 13.4. The lowest BCUT2D eigenvalue weighted by atomic mass is 10.1. The van der Waals surface area contributed by atoms with Gasteiger partial charge in [-0.3, -0.25) is 19.3 Å². The quantitative estimate of drug-likeness (QED) is 0.384. The van der Waals surface area contributed by atoms with Gasteiger partial charge in [0.2, 0.25) is 0 Å². The Hall–Kier alpha value is -3.83. The topological polar surface area (TPSA) is 103 Å². The van der Waals surface area contributed by atoms with E-state index in [9.17, 15) is 18.7 Å². The van der Waals surface area contributed by atoms with Gasteiger partial charge in [-0.2, -0.15) is 0 Å². The maximum atomic E-state index is 16.1. The van der Waals surface area contributed by atoms with E-state index in [2.05, 4.69) is 19.9 Å². The maximum Gasteiger partial charge on any atom is 0.278 e. The normalized spacial score (nSPS) is 14.7. The third-order valence-corrected chi connectivity index (χ3v) is 5.52. The van der Waals surface area contributed by atoms with Crippen LogP contribution in [0.4, 0.5) is 13.2 Å². The summed E-state index contributed by atoms with van der Waals surface area (Å²) in [6.07, 6.45) is 2.90. The number of nitrogens with zero attached hydrogens (tertiary/aromatic N) is 5.